The Labute approximate surface area is 124 Å². The molecule has 1 aromatic rings. The Morgan fingerprint density at radius 1 is 1.24 bits per heavy atom. The summed E-state index contributed by atoms with van der Waals surface area (Å²) in [5.74, 6) is -0.703. The molecular weight excluding hydrogens is 270 g/mol. The van der Waals surface area contributed by atoms with Crippen LogP contribution in [-0.2, 0) is 14.3 Å². The third-order valence-electron chi connectivity index (χ3n) is 2.44. The minimum atomic E-state index is -0.721. The maximum Gasteiger partial charge on any atom is 0.328 e. The SMILES string of the molecule is C[C@H](NC(=O)/C=C/c1ccc(O)cc1)C(=O)OC(C)(C)C. The number of phenolic OH excluding ortho intramolecular Hbond substituents is 1. The van der Waals surface area contributed by atoms with Crippen molar-refractivity contribution in [3.8, 4) is 5.75 Å². The Morgan fingerprint density at radius 2 is 1.81 bits per heavy atom. The second kappa shape index (κ2) is 6.92. The van der Waals surface area contributed by atoms with E-state index in [1.54, 1.807) is 45.9 Å². The zero-order chi connectivity index (χ0) is 16.0. The van der Waals surface area contributed by atoms with Crippen molar-refractivity contribution in [3.05, 3.63) is 35.9 Å². The van der Waals surface area contributed by atoms with Gasteiger partial charge in [0.2, 0.25) is 5.91 Å². The molecule has 0 fully saturated rings. The summed E-state index contributed by atoms with van der Waals surface area (Å²) in [5, 5.41) is 11.7. The molecule has 114 valence electrons. The van der Waals surface area contributed by atoms with Crippen LogP contribution >= 0.6 is 0 Å². The summed E-state index contributed by atoms with van der Waals surface area (Å²) in [6, 6.07) is 5.69. The van der Waals surface area contributed by atoms with E-state index in [1.807, 2.05) is 0 Å². The summed E-state index contributed by atoms with van der Waals surface area (Å²) in [5.41, 5.74) is 0.186. The first kappa shape index (κ1) is 16.8. The molecule has 1 rings (SSSR count). The lowest BCUT2D eigenvalue weighted by atomic mass is 10.2. The molecule has 0 heterocycles. The van der Waals surface area contributed by atoms with Crippen molar-refractivity contribution in [1.29, 1.82) is 0 Å². The second-order valence-electron chi connectivity index (χ2n) is 5.69. The van der Waals surface area contributed by atoms with Crippen molar-refractivity contribution in [2.75, 3.05) is 0 Å². The third-order valence-corrected chi connectivity index (χ3v) is 2.44. The summed E-state index contributed by atoms with van der Waals surface area (Å²) in [7, 11) is 0. The van der Waals surface area contributed by atoms with E-state index in [0.717, 1.165) is 5.56 Å². The van der Waals surface area contributed by atoms with Gasteiger partial charge in [0, 0.05) is 6.08 Å². The van der Waals surface area contributed by atoms with Crippen LogP contribution in [0.1, 0.15) is 33.3 Å². The number of carbonyl (C=O) groups is 2. The Hall–Kier alpha value is -2.30. The van der Waals surface area contributed by atoms with Gasteiger partial charge in [0.1, 0.15) is 17.4 Å². The van der Waals surface area contributed by atoms with E-state index >= 15 is 0 Å². The van der Waals surface area contributed by atoms with Gasteiger partial charge in [-0.2, -0.15) is 0 Å². The van der Waals surface area contributed by atoms with Crippen molar-refractivity contribution >= 4 is 18.0 Å². The van der Waals surface area contributed by atoms with E-state index in [4.69, 9.17) is 9.84 Å². The standard InChI is InChI=1S/C16H21NO4/c1-11(15(20)21-16(2,3)4)17-14(19)10-7-12-5-8-13(18)9-6-12/h5-11,18H,1-4H3,(H,17,19)/b10-7+/t11-/m0/s1. The van der Waals surface area contributed by atoms with Crippen molar-refractivity contribution in [3.63, 3.8) is 0 Å². The first-order valence-corrected chi connectivity index (χ1v) is 6.68. The lowest BCUT2D eigenvalue weighted by molar-refractivity contribution is -0.157. The number of amides is 1. The average Bonchev–Trinajstić information content (AvgIpc) is 2.36. The largest absolute Gasteiger partial charge is 0.508 e. The summed E-state index contributed by atoms with van der Waals surface area (Å²) < 4.78 is 5.17. The minimum absolute atomic E-state index is 0.162. The number of carbonyl (C=O) groups excluding carboxylic acids is 2. The van der Waals surface area contributed by atoms with Crippen LogP contribution in [0.5, 0.6) is 5.75 Å². The van der Waals surface area contributed by atoms with Crippen LogP contribution in [-0.4, -0.2) is 28.6 Å². The Kier molecular flexibility index (Phi) is 5.52. The average molecular weight is 291 g/mol. The monoisotopic (exact) mass is 291 g/mol. The van der Waals surface area contributed by atoms with E-state index in [9.17, 15) is 9.59 Å². The first-order valence-electron chi connectivity index (χ1n) is 6.68. The number of hydrogen-bond acceptors (Lipinski definition) is 4. The van der Waals surface area contributed by atoms with Gasteiger partial charge >= 0.3 is 5.97 Å². The first-order chi connectivity index (χ1) is 9.67. The number of phenols is 1. The van der Waals surface area contributed by atoms with Gasteiger partial charge in [-0.1, -0.05) is 12.1 Å². The number of nitrogens with one attached hydrogen (secondary N) is 1. The summed E-state index contributed by atoms with van der Waals surface area (Å²) in [6.45, 7) is 6.87. The topological polar surface area (TPSA) is 75.6 Å². The minimum Gasteiger partial charge on any atom is -0.508 e. The molecule has 0 saturated carbocycles. The highest BCUT2D eigenvalue weighted by molar-refractivity contribution is 5.94. The molecule has 2 N–H and O–H groups in total. The van der Waals surface area contributed by atoms with Gasteiger partial charge in [-0.15, -0.1) is 0 Å². The molecule has 0 unspecified atom stereocenters. The van der Waals surface area contributed by atoms with Crippen LogP contribution in [0.15, 0.2) is 30.3 Å². The molecular formula is C16H21NO4. The predicted molar refractivity (Wildman–Crippen MR) is 80.6 cm³/mol. The molecule has 0 spiro atoms. The van der Waals surface area contributed by atoms with Crippen LogP contribution in [0.2, 0.25) is 0 Å². The normalized spacial score (nSPS) is 13.0. The number of rotatable bonds is 4. The van der Waals surface area contributed by atoms with Gasteiger partial charge in [-0.25, -0.2) is 4.79 Å². The van der Waals surface area contributed by atoms with E-state index in [-0.39, 0.29) is 11.7 Å². The van der Waals surface area contributed by atoms with Crippen LogP contribution < -0.4 is 5.32 Å². The van der Waals surface area contributed by atoms with Crippen LogP contribution in [0.25, 0.3) is 6.08 Å². The molecule has 5 heteroatoms. The van der Waals surface area contributed by atoms with E-state index in [0.29, 0.717) is 0 Å². The maximum atomic E-state index is 11.7. The third kappa shape index (κ3) is 6.61. The van der Waals surface area contributed by atoms with Crippen LogP contribution in [0.3, 0.4) is 0 Å². The molecule has 1 amide bonds. The Balaban J connectivity index is 2.53. The molecule has 0 saturated heterocycles. The van der Waals surface area contributed by atoms with E-state index < -0.39 is 17.6 Å². The van der Waals surface area contributed by atoms with Gasteiger partial charge in [0.15, 0.2) is 0 Å². The van der Waals surface area contributed by atoms with Gasteiger partial charge in [0.25, 0.3) is 0 Å². The van der Waals surface area contributed by atoms with Crippen molar-refractivity contribution in [2.45, 2.75) is 39.3 Å². The molecule has 0 aliphatic heterocycles. The molecule has 0 aromatic heterocycles. The fourth-order valence-electron chi connectivity index (χ4n) is 1.47. The Morgan fingerprint density at radius 3 is 2.33 bits per heavy atom. The number of hydrogen-bond donors (Lipinski definition) is 2. The number of esters is 1. The van der Waals surface area contributed by atoms with Crippen LogP contribution in [0, 0.1) is 0 Å². The quantitative estimate of drug-likeness (QED) is 0.659. The maximum absolute atomic E-state index is 11.7. The molecule has 1 atom stereocenters. The molecule has 1 aromatic carbocycles. The number of benzene rings is 1. The van der Waals surface area contributed by atoms with Crippen LogP contribution in [0.4, 0.5) is 0 Å². The highest BCUT2D eigenvalue weighted by Gasteiger charge is 2.22. The molecule has 0 aliphatic rings. The lowest BCUT2D eigenvalue weighted by Gasteiger charge is -2.22. The number of ether oxygens (including phenoxy) is 1. The molecule has 5 nitrogen and oxygen atoms in total. The molecule has 0 aliphatic carbocycles. The van der Waals surface area contributed by atoms with E-state index in [2.05, 4.69) is 5.32 Å². The molecule has 0 radical (unpaired) electrons. The fourth-order valence-corrected chi connectivity index (χ4v) is 1.47. The molecule has 21 heavy (non-hydrogen) atoms. The Bertz CT molecular complexity index is 526. The zero-order valence-corrected chi connectivity index (χ0v) is 12.7. The summed E-state index contributed by atoms with van der Waals surface area (Å²) >= 11 is 0. The second-order valence-corrected chi connectivity index (χ2v) is 5.69. The highest BCUT2D eigenvalue weighted by Crippen LogP contribution is 2.11. The van der Waals surface area contributed by atoms with Crippen molar-refractivity contribution in [2.24, 2.45) is 0 Å². The fraction of sp³-hybridized carbons (Fsp3) is 0.375. The smallest absolute Gasteiger partial charge is 0.328 e. The van der Waals surface area contributed by atoms with Crippen molar-refractivity contribution in [1.82, 2.24) is 5.32 Å². The van der Waals surface area contributed by atoms with Gasteiger partial charge in [-0.3, -0.25) is 4.79 Å². The van der Waals surface area contributed by atoms with Gasteiger partial charge in [-0.05, 0) is 51.5 Å². The number of aromatic hydroxyl groups is 1. The molecule has 0 bridgehead atoms. The highest BCUT2D eigenvalue weighted by atomic mass is 16.6. The zero-order valence-electron chi connectivity index (χ0n) is 12.7. The van der Waals surface area contributed by atoms with Gasteiger partial charge in [0.05, 0.1) is 0 Å². The summed E-state index contributed by atoms with van der Waals surface area (Å²) in [6.07, 6.45) is 2.92. The van der Waals surface area contributed by atoms with Gasteiger partial charge < -0.3 is 15.2 Å². The van der Waals surface area contributed by atoms with E-state index in [1.165, 1.54) is 18.2 Å². The lowest BCUT2D eigenvalue weighted by Crippen LogP contribution is -2.41. The van der Waals surface area contributed by atoms with Crippen molar-refractivity contribution < 1.29 is 19.4 Å². The predicted octanol–water partition coefficient (Wildman–Crippen LogP) is 2.25. The summed E-state index contributed by atoms with van der Waals surface area (Å²) in [4.78, 5) is 23.4.